The Morgan fingerprint density at radius 3 is 1.66 bits per heavy atom. The lowest BCUT2D eigenvalue weighted by Gasteiger charge is -2.37. The molecule has 166 valence electrons. The van der Waals surface area contributed by atoms with Crippen molar-refractivity contribution in [3.8, 4) is 0 Å². The van der Waals surface area contributed by atoms with E-state index in [1.165, 1.54) is 0 Å². The fraction of sp³-hybridized carbons (Fsp3) is 0.333. The van der Waals surface area contributed by atoms with Gasteiger partial charge in [0, 0.05) is 0 Å². The molecule has 1 N–H and O–H groups in total. The van der Waals surface area contributed by atoms with Crippen molar-refractivity contribution in [2.75, 3.05) is 6.61 Å². The number of aliphatic hydroxyl groups excluding tert-OH is 1. The molecule has 0 radical (unpaired) electrons. The van der Waals surface area contributed by atoms with Gasteiger partial charge in [-0.2, -0.15) is 0 Å². The zero-order valence-corrected chi connectivity index (χ0v) is 18.3. The molecule has 3 aromatic carbocycles. The van der Waals surface area contributed by atoms with Gasteiger partial charge in [-0.3, -0.25) is 0 Å². The maximum Gasteiger partial charge on any atom is 0.184 e. The molecule has 0 unspecified atom stereocenters. The van der Waals surface area contributed by atoms with E-state index in [1.807, 2.05) is 68.4 Å². The van der Waals surface area contributed by atoms with Gasteiger partial charge in [-0.15, -0.1) is 0 Å². The summed E-state index contributed by atoms with van der Waals surface area (Å²) in [6, 6.07) is 30.5. The standard InChI is InChI=1S/C27H28O5/c1-26(2)31-23-22(30-25(28)24(23)32-26)18-29-27(19-12-6-3-7-13-19,20-14-8-4-9-15-20)21-16-10-5-11-17-21/h3-17,22-25,28H,18H2,1-2H3/t22-,23-,24-,25-/m0/s1. The van der Waals surface area contributed by atoms with Gasteiger partial charge < -0.3 is 24.1 Å². The Morgan fingerprint density at radius 2 is 1.19 bits per heavy atom. The molecular formula is C27H28O5. The van der Waals surface area contributed by atoms with Crippen LogP contribution in [0.4, 0.5) is 0 Å². The van der Waals surface area contributed by atoms with Crippen LogP contribution in [0, 0.1) is 0 Å². The second-order valence-electron chi connectivity index (χ2n) is 8.72. The second-order valence-corrected chi connectivity index (χ2v) is 8.72. The third kappa shape index (κ3) is 3.76. The summed E-state index contributed by atoms with van der Waals surface area (Å²) in [6.45, 7) is 3.91. The highest BCUT2D eigenvalue weighted by molar-refractivity contribution is 5.47. The van der Waals surface area contributed by atoms with Crippen LogP contribution in [-0.4, -0.2) is 42.1 Å². The van der Waals surface area contributed by atoms with Gasteiger partial charge in [0.2, 0.25) is 0 Å². The first-order chi connectivity index (χ1) is 15.5. The average molecular weight is 433 g/mol. The van der Waals surface area contributed by atoms with Crippen LogP contribution < -0.4 is 0 Å². The van der Waals surface area contributed by atoms with Gasteiger partial charge in [0.25, 0.3) is 0 Å². The Labute approximate surface area is 188 Å². The summed E-state index contributed by atoms with van der Waals surface area (Å²) in [4.78, 5) is 0. The minimum Gasteiger partial charge on any atom is -0.366 e. The summed E-state index contributed by atoms with van der Waals surface area (Å²) in [5.41, 5.74) is 2.18. The highest BCUT2D eigenvalue weighted by Gasteiger charge is 2.55. The quantitative estimate of drug-likeness (QED) is 0.591. The van der Waals surface area contributed by atoms with Gasteiger partial charge in [-0.25, -0.2) is 0 Å². The molecule has 4 atom stereocenters. The summed E-state index contributed by atoms with van der Waals surface area (Å²) >= 11 is 0. The minimum absolute atomic E-state index is 0.219. The Balaban J connectivity index is 1.55. The van der Waals surface area contributed by atoms with E-state index in [0.717, 1.165) is 16.7 Å². The van der Waals surface area contributed by atoms with E-state index in [-0.39, 0.29) is 6.61 Å². The van der Waals surface area contributed by atoms with Gasteiger partial charge in [-0.05, 0) is 30.5 Å². The molecule has 0 saturated carbocycles. The summed E-state index contributed by atoms with van der Waals surface area (Å²) in [5.74, 6) is -0.770. The normalized spacial score (nSPS) is 26.7. The molecule has 5 nitrogen and oxygen atoms in total. The molecule has 0 bridgehead atoms. The van der Waals surface area contributed by atoms with E-state index >= 15 is 0 Å². The van der Waals surface area contributed by atoms with E-state index in [2.05, 4.69) is 36.4 Å². The second kappa shape index (κ2) is 8.43. The fourth-order valence-corrected chi connectivity index (χ4v) is 4.77. The lowest BCUT2D eigenvalue weighted by molar-refractivity contribution is -0.227. The number of ether oxygens (including phenoxy) is 4. The van der Waals surface area contributed by atoms with E-state index in [4.69, 9.17) is 18.9 Å². The van der Waals surface area contributed by atoms with Crippen molar-refractivity contribution in [3.63, 3.8) is 0 Å². The molecule has 5 rings (SSSR count). The van der Waals surface area contributed by atoms with Crippen LogP contribution in [-0.2, 0) is 24.5 Å². The molecule has 0 aliphatic carbocycles. The van der Waals surface area contributed by atoms with Crippen molar-refractivity contribution in [2.24, 2.45) is 0 Å². The van der Waals surface area contributed by atoms with Gasteiger partial charge in [0.05, 0.1) is 6.61 Å². The first kappa shape index (κ1) is 21.3. The van der Waals surface area contributed by atoms with E-state index in [1.54, 1.807) is 0 Å². The first-order valence-corrected chi connectivity index (χ1v) is 11.0. The molecule has 2 aliphatic rings. The highest BCUT2D eigenvalue weighted by Crippen LogP contribution is 2.43. The van der Waals surface area contributed by atoms with E-state index < -0.39 is 36.0 Å². The van der Waals surface area contributed by atoms with Crippen molar-refractivity contribution < 1.29 is 24.1 Å². The summed E-state index contributed by atoms with van der Waals surface area (Å²) in [7, 11) is 0. The van der Waals surface area contributed by atoms with Crippen molar-refractivity contribution in [1.82, 2.24) is 0 Å². The number of fused-ring (bicyclic) bond motifs is 1. The molecule has 5 heteroatoms. The van der Waals surface area contributed by atoms with Crippen LogP contribution in [0.25, 0.3) is 0 Å². The fourth-order valence-electron chi connectivity index (χ4n) is 4.77. The van der Waals surface area contributed by atoms with Crippen LogP contribution in [0.2, 0.25) is 0 Å². The smallest absolute Gasteiger partial charge is 0.184 e. The summed E-state index contributed by atoms with van der Waals surface area (Å²) < 4.78 is 24.5. The number of hydrogen-bond acceptors (Lipinski definition) is 5. The highest BCUT2D eigenvalue weighted by atomic mass is 16.8. The lowest BCUT2D eigenvalue weighted by Crippen LogP contribution is -2.39. The predicted molar refractivity (Wildman–Crippen MR) is 120 cm³/mol. The summed E-state index contributed by atoms with van der Waals surface area (Å²) in [5, 5.41) is 10.4. The average Bonchev–Trinajstić information content (AvgIpc) is 3.29. The third-order valence-electron chi connectivity index (χ3n) is 6.13. The molecular weight excluding hydrogens is 404 g/mol. The van der Waals surface area contributed by atoms with Gasteiger partial charge in [0.15, 0.2) is 12.1 Å². The number of rotatable bonds is 6. The Bertz CT molecular complexity index is 925. The lowest BCUT2D eigenvalue weighted by atomic mass is 9.80. The van der Waals surface area contributed by atoms with Crippen molar-refractivity contribution in [2.45, 2.75) is 49.8 Å². The van der Waals surface area contributed by atoms with E-state index in [9.17, 15) is 5.11 Å². The predicted octanol–water partition coefficient (Wildman–Crippen LogP) is 4.23. The topological polar surface area (TPSA) is 57.2 Å². The van der Waals surface area contributed by atoms with E-state index in [0.29, 0.717) is 0 Å². The molecule has 0 spiro atoms. The number of hydrogen-bond donors (Lipinski definition) is 1. The molecule has 2 aliphatic heterocycles. The van der Waals surface area contributed by atoms with Gasteiger partial charge in [0.1, 0.15) is 23.9 Å². The van der Waals surface area contributed by atoms with Crippen LogP contribution in [0.15, 0.2) is 91.0 Å². The van der Waals surface area contributed by atoms with Gasteiger partial charge >= 0.3 is 0 Å². The molecule has 3 aromatic rings. The third-order valence-corrected chi connectivity index (χ3v) is 6.13. The monoisotopic (exact) mass is 432 g/mol. The molecule has 0 amide bonds. The van der Waals surface area contributed by atoms with Crippen molar-refractivity contribution in [1.29, 1.82) is 0 Å². The van der Waals surface area contributed by atoms with Crippen molar-refractivity contribution >= 4 is 0 Å². The maximum absolute atomic E-state index is 10.4. The Hall–Kier alpha value is -2.54. The minimum atomic E-state index is -1.05. The maximum atomic E-state index is 10.4. The number of aliphatic hydroxyl groups is 1. The van der Waals surface area contributed by atoms with Crippen LogP contribution >= 0.6 is 0 Å². The zero-order valence-electron chi connectivity index (χ0n) is 18.3. The Morgan fingerprint density at radius 1 is 0.750 bits per heavy atom. The van der Waals surface area contributed by atoms with Crippen molar-refractivity contribution in [3.05, 3.63) is 108 Å². The molecule has 2 fully saturated rings. The first-order valence-electron chi connectivity index (χ1n) is 11.0. The molecule has 2 saturated heterocycles. The molecule has 2 heterocycles. The largest absolute Gasteiger partial charge is 0.366 e. The Kier molecular flexibility index (Phi) is 5.61. The SMILES string of the molecule is CC1(C)O[C@@H]2[C@H](O1)[C@@H](O)O[C@H]2COC(c1ccccc1)(c1ccccc1)c1ccccc1. The van der Waals surface area contributed by atoms with Crippen LogP contribution in [0.5, 0.6) is 0 Å². The number of benzene rings is 3. The summed E-state index contributed by atoms with van der Waals surface area (Å²) in [6.07, 6.45) is -2.44. The zero-order chi connectivity index (χ0) is 22.2. The van der Waals surface area contributed by atoms with Crippen LogP contribution in [0.1, 0.15) is 30.5 Å². The molecule has 32 heavy (non-hydrogen) atoms. The molecule has 0 aromatic heterocycles. The van der Waals surface area contributed by atoms with Crippen LogP contribution in [0.3, 0.4) is 0 Å². The van der Waals surface area contributed by atoms with Gasteiger partial charge in [-0.1, -0.05) is 91.0 Å².